The molecule has 0 saturated carbocycles. The number of benzene rings is 2. The fraction of sp³-hybridized carbons (Fsp3) is 0.458. The average Bonchev–Trinajstić information content (AvgIpc) is 2.71. The second-order valence-electron chi connectivity index (χ2n) is 7.37. The quantitative estimate of drug-likeness (QED) is 0.475. The van der Waals surface area contributed by atoms with Crippen molar-refractivity contribution in [3.63, 3.8) is 0 Å². The summed E-state index contributed by atoms with van der Waals surface area (Å²) >= 11 is 0. The lowest BCUT2D eigenvalue weighted by molar-refractivity contribution is -0.150. The van der Waals surface area contributed by atoms with Crippen molar-refractivity contribution < 1.29 is 19.0 Å². The maximum absolute atomic E-state index is 12.5. The molecule has 0 amide bonds. The van der Waals surface area contributed by atoms with E-state index in [1.807, 2.05) is 49.4 Å². The largest absolute Gasteiger partial charge is 0.497 e. The molecule has 0 aliphatic rings. The first-order chi connectivity index (χ1) is 13.5. The lowest BCUT2D eigenvalue weighted by Gasteiger charge is -2.24. The zero-order valence-electron chi connectivity index (χ0n) is 17.4. The smallest absolute Gasteiger partial charge is 0.309 e. The molecule has 4 nitrogen and oxygen atoms in total. The summed E-state index contributed by atoms with van der Waals surface area (Å²) in [5.74, 6) is 0.918. The minimum Gasteiger partial charge on any atom is -0.497 e. The van der Waals surface area contributed by atoms with Gasteiger partial charge >= 0.3 is 5.97 Å². The second-order valence-corrected chi connectivity index (χ2v) is 7.37. The molecule has 0 aliphatic carbocycles. The molecule has 28 heavy (non-hydrogen) atoms. The van der Waals surface area contributed by atoms with Gasteiger partial charge < -0.3 is 14.2 Å². The highest BCUT2D eigenvalue weighted by Gasteiger charge is 2.26. The molecule has 0 unspecified atom stereocenters. The van der Waals surface area contributed by atoms with E-state index in [9.17, 15) is 4.79 Å². The summed E-state index contributed by atoms with van der Waals surface area (Å²) in [6, 6.07) is 17.9. The van der Waals surface area contributed by atoms with Crippen LogP contribution < -0.4 is 4.74 Å². The van der Waals surface area contributed by atoms with E-state index in [1.54, 1.807) is 7.11 Å². The first-order valence-corrected chi connectivity index (χ1v) is 9.99. The standard InChI is InChI=1S/C24H32O4/c1-5-27-24(25)21(15-18(2)3)16-23(20-9-7-6-8-10-20)28-17-19-11-13-22(26-4)14-12-19/h6-14,18,21,23H,5,15-17H2,1-4H3/t21-,23+/m1/s1. The summed E-state index contributed by atoms with van der Waals surface area (Å²) in [4.78, 5) is 12.5. The maximum atomic E-state index is 12.5. The molecular weight excluding hydrogens is 352 g/mol. The Morgan fingerprint density at radius 3 is 2.21 bits per heavy atom. The Hall–Kier alpha value is -2.33. The van der Waals surface area contributed by atoms with E-state index in [-0.39, 0.29) is 18.0 Å². The predicted molar refractivity (Wildman–Crippen MR) is 111 cm³/mol. The summed E-state index contributed by atoms with van der Waals surface area (Å²) in [6.07, 6.45) is 1.22. The van der Waals surface area contributed by atoms with Crippen LogP contribution >= 0.6 is 0 Å². The van der Waals surface area contributed by atoms with Crippen LogP contribution in [0, 0.1) is 11.8 Å². The molecule has 0 aliphatic heterocycles. The van der Waals surface area contributed by atoms with Crippen LogP contribution in [0.2, 0.25) is 0 Å². The molecule has 2 atom stereocenters. The van der Waals surface area contributed by atoms with Gasteiger partial charge in [-0.3, -0.25) is 4.79 Å². The van der Waals surface area contributed by atoms with Gasteiger partial charge in [0.15, 0.2) is 0 Å². The van der Waals surface area contributed by atoms with Gasteiger partial charge in [0.05, 0.1) is 32.3 Å². The monoisotopic (exact) mass is 384 g/mol. The molecule has 0 radical (unpaired) electrons. The van der Waals surface area contributed by atoms with Gasteiger partial charge in [-0.05, 0) is 48.9 Å². The van der Waals surface area contributed by atoms with Crippen LogP contribution in [0.25, 0.3) is 0 Å². The lowest BCUT2D eigenvalue weighted by atomic mass is 9.89. The average molecular weight is 385 g/mol. The van der Waals surface area contributed by atoms with Crippen LogP contribution in [-0.2, 0) is 20.9 Å². The Morgan fingerprint density at radius 1 is 0.964 bits per heavy atom. The van der Waals surface area contributed by atoms with Crippen LogP contribution in [0.3, 0.4) is 0 Å². The van der Waals surface area contributed by atoms with E-state index in [1.165, 1.54) is 0 Å². The predicted octanol–water partition coefficient (Wildman–Crippen LogP) is 5.57. The highest BCUT2D eigenvalue weighted by molar-refractivity contribution is 5.72. The number of hydrogen-bond donors (Lipinski definition) is 0. The van der Waals surface area contributed by atoms with E-state index >= 15 is 0 Å². The SMILES string of the molecule is CCOC(=O)[C@H](CC(C)C)C[C@H](OCc1ccc(OC)cc1)c1ccccc1. The normalized spacial score (nSPS) is 13.2. The van der Waals surface area contributed by atoms with E-state index in [4.69, 9.17) is 14.2 Å². The third-order valence-corrected chi connectivity index (χ3v) is 4.66. The Balaban J connectivity index is 2.14. The lowest BCUT2D eigenvalue weighted by Crippen LogP contribution is -2.23. The number of rotatable bonds is 11. The fourth-order valence-electron chi connectivity index (χ4n) is 3.26. The van der Waals surface area contributed by atoms with Crippen LogP contribution in [0.4, 0.5) is 0 Å². The van der Waals surface area contributed by atoms with Crippen molar-refractivity contribution in [3.05, 3.63) is 65.7 Å². The fourth-order valence-corrected chi connectivity index (χ4v) is 3.26. The van der Waals surface area contributed by atoms with Crippen molar-refractivity contribution in [2.45, 2.75) is 46.3 Å². The van der Waals surface area contributed by atoms with Gasteiger partial charge in [-0.2, -0.15) is 0 Å². The van der Waals surface area contributed by atoms with Gasteiger partial charge in [0.2, 0.25) is 0 Å². The number of ether oxygens (including phenoxy) is 3. The number of carbonyl (C=O) groups is 1. The van der Waals surface area contributed by atoms with Gasteiger partial charge in [0, 0.05) is 0 Å². The summed E-state index contributed by atoms with van der Waals surface area (Å²) in [5, 5.41) is 0. The third kappa shape index (κ3) is 7.01. The van der Waals surface area contributed by atoms with Crippen LogP contribution in [-0.4, -0.2) is 19.7 Å². The Kier molecular flexibility index (Phi) is 9.02. The van der Waals surface area contributed by atoms with E-state index < -0.39 is 0 Å². The molecular formula is C24H32O4. The van der Waals surface area contributed by atoms with Crippen molar-refractivity contribution >= 4 is 5.97 Å². The van der Waals surface area contributed by atoms with E-state index in [0.717, 1.165) is 23.3 Å². The minimum absolute atomic E-state index is 0.134. The third-order valence-electron chi connectivity index (χ3n) is 4.66. The second kappa shape index (κ2) is 11.5. The zero-order chi connectivity index (χ0) is 20.4. The number of carbonyl (C=O) groups excluding carboxylic acids is 1. The summed E-state index contributed by atoms with van der Waals surface area (Å²) in [5.41, 5.74) is 2.15. The number of esters is 1. The van der Waals surface area contributed by atoms with E-state index in [2.05, 4.69) is 26.0 Å². The van der Waals surface area contributed by atoms with Crippen LogP contribution in [0.1, 0.15) is 50.8 Å². The number of methoxy groups -OCH3 is 1. The Labute approximate surface area is 168 Å². The summed E-state index contributed by atoms with van der Waals surface area (Å²) in [7, 11) is 1.65. The molecule has 4 heteroatoms. The Morgan fingerprint density at radius 2 is 1.64 bits per heavy atom. The summed E-state index contributed by atoms with van der Waals surface area (Å²) < 4.78 is 16.8. The maximum Gasteiger partial charge on any atom is 0.309 e. The van der Waals surface area contributed by atoms with Crippen LogP contribution in [0.5, 0.6) is 5.75 Å². The molecule has 0 fully saturated rings. The number of hydrogen-bond acceptors (Lipinski definition) is 4. The van der Waals surface area contributed by atoms with Crippen molar-refractivity contribution in [2.75, 3.05) is 13.7 Å². The molecule has 2 aromatic rings. The molecule has 2 aromatic carbocycles. The van der Waals surface area contributed by atoms with Gasteiger partial charge in [0.25, 0.3) is 0 Å². The van der Waals surface area contributed by atoms with Gasteiger partial charge in [-0.1, -0.05) is 56.3 Å². The van der Waals surface area contributed by atoms with Crippen molar-refractivity contribution in [1.29, 1.82) is 0 Å². The molecule has 0 bridgehead atoms. The highest BCUT2D eigenvalue weighted by atomic mass is 16.5. The van der Waals surface area contributed by atoms with Crippen molar-refractivity contribution in [2.24, 2.45) is 11.8 Å². The van der Waals surface area contributed by atoms with Crippen LogP contribution in [0.15, 0.2) is 54.6 Å². The zero-order valence-corrected chi connectivity index (χ0v) is 17.4. The molecule has 0 aromatic heterocycles. The Bertz CT molecular complexity index is 694. The van der Waals surface area contributed by atoms with Gasteiger partial charge in [0.1, 0.15) is 5.75 Å². The molecule has 0 heterocycles. The van der Waals surface area contributed by atoms with Crippen molar-refractivity contribution in [1.82, 2.24) is 0 Å². The van der Waals surface area contributed by atoms with Gasteiger partial charge in [-0.15, -0.1) is 0 Å². The first kappa shape index (κ1) is 22.0. The van der Waals surface area contributed by atoms with Gasteiger partial charge in [-0.25, -0.2) is 0 Å². The molecule has 152 valence electrons. The molecule has 0 N–H and O–H groups in total. The highest BCUT2D eigenvalue weighted by Crippen LogP contribution is 2.30. The minimum atomic E-state index is -0.180. The van der Waals surface area contributed by atoms with E-state index in [0.29, 0.717) is 25.6 Å². The summed E-state index contributed by atoms with van der Waals surface area (Å²) in [6.45, 7) is 6.97. The molecule has 0 spiro atoms. The molecule has 2 rings (SSSR count). The topological polar surface area (TPSA) is 44.8 Å². The first-order valence-electron chi connectivity index (χ1n) is 9.99. The molecule has 0 saturated heterocycles. The van der Waals surface area contributed by atoms with Crippen molar-refractivity contribution in [3.8, 4) is 5.75 Å².